The molecule has 4 nitrogen and oxygen atoms in total. The summed E-state index contributed by atoms with van der Waals surface area (Å²) in [6.07, 6.45) is 3.38. The number of nitrogens with one attached hydrogen (secondary N) is 2. The first-order chi connectivity index (χ1) is 9.94. The highest BCUT2D eigenvalue weighted by Gasteiger charge is 2.20. The van der Waals surface area contributed by atoms with Crippen LogP contribution in [0.5, 0.6) is 0 Å². The van der Waals surface area contributed by atoms with E-state index in [1.54, 1.807) is 0 Å². The van der Waals surface area contributed by atoms with Crippen molar-refractivity contribution < 1.29 is 8.42 Å². The summed E-state index contributed by atoms with van der Waals surface area (Å²) in [4.78, 5) is 0. The van der Waals surface area contributed by atoms with Gasteiger partial charge in [-0.15, -0.1) is 0 Å². The van der Waals surface area contributed by atoms with Gasteiger partial charge in [-0.25, -0.2) is 13.1 Å². The summed E-state index contributed by atoms with van der Waals surface area (Å²) in [5, 5.41) is 3.44. The van der Waals surface area contributed by atoms with Crippen LogP contribution >= 0.6 is 0 Å². The Morgan fingerprint density at radius 1 is 1.24 bits per heavy atom. The lowest BCUT2D eigenvalue weighted by Gasteiger charge is -2.09. The SMILES string of the molecule is CC(C)CCNS(=O)(=O)Cc1cccc(CNC2CC2)c1. The minimum absolute atomic E-state index is 0.0579. The van der Waals surface area contributed by atoms with Crippen molar-refractivity contribution in [1.29, 1.82) is 0 Å². The van der Waals surface area contributed by atoms with Crippen molar-refractivity contribution in [2.45, 2.75) is 51.4 Å². The molecule has 0 aliphatic heterocycles. The molecule has 0 radical (unpaired) electrons. The highest BCUT2D eigenvalue weighted by atomic mass is 32.2. The van der Waals surface area contributed by atoms with Crippen LogP contribution in [-0.2, 0) is 22.3 Å². The summed E-state index contributed by atoms with van der Waals surface area (Å²) >= 11 is 0. The van der Waals surface area contributed by atoms with Crippen molar-refractivity contribution >= 4 is 10.0 Å². The molecule has 0 unspecified atom stereocenters. The van der Waals surface area contributed by atoms with E-state index in [0.717, 1.165) is 24.1 Å². The Balaban J connectivity index is 1.86. The van der Waals surface area contributed by atoms with Gasteiger partial charge in [-0.2, -0.15) is 0 Å². The van der Waals surface area contributed by atoms with Crippen molar-refractivity contribution in [2.75, 3.05) is 6.54 Å². The summed E-state index contributed by atoms with van der Waals surface area (Å²) in [7, 11) is -3.24. The summed E-state index contributed by atoms with van der Waals surface area (Å²) in [6.45, 7) is 5.51. The fraction of sp³-hybridized carbons (Fsp3) is 0.625. The first-order valence-corrected chi connectivity index (χ1v) is 9.38. The number of rotatable bonds is 9. The third-order valence-electron chi connectivity index (χ3n) is 3.56. The lowest BCUT2D eigenvalue weighted by Crippen LogP contribution is -2.27. The van der Waals surface area contributed by atoms with Crippen LogP contribution < -0.4 is 10.0 Å². The van der Waals surface area contributed by atoms with Gasteiger partial charge in [0.2, 0.25) is 10.0 Å². The molecule has 0 spiro atoms. The molecule has 1 aromatic carbocycles. The van der Waals surface area contributed by atoms with Crippen LogP contribution in [0.2, 0.25) is 0 Å². The number of hydrogen-bond donors (Lipinski definition) is 2. The van der Waals surface area contributed by atoms with Gasteiger partial charge in [0.25, 0.3) is 0 Å². The normalized spacial score (nSPS) is 15.6. The molecule has 1 aromatic rings. The molecule has 1 aliphatic carbocycles. The molecule has 0 amide bonds. The van der Waals surface area contributed by atoms with Crippen LogP contribution in [0, 0.1) is 5.92 Å². The van der Waals surface area contributed by atoms with Gasteiger partial charge in [-0.3, -0.25) is 0 Å². The fourth-order valence-electron chi connectivity index (χ4n) is 2.15. The van der Waals surface area contributed by atoms with Crippen molar-refractivity contribution in [1.82, 2.24) is 10.0 Å². The smallest absolute Gasteiger partial charge is 0.215 e. The molecular formula is C16H26N2O2S. The fourth-order valence-corrected chi connectivity index (χ4v) is 3.30. The van der Waals surface area contributed by atoms with Crippen molar-refractivity contribution in [3.63, 3.8) is 0 Å². The Hall–Kier alpha value is -0.910. The zero-order valence-electron chi connectivity index (χ0n) is 12.9. The Kier molecular flexibility index (Phi) is 5.79. The Morgan fingerprint density at radius 2 is 1.95 bits per heavy atom. The third kappa shape index (κ3) is 6.59. The Labute approximate surface area is 128 Å². The lowest BCUT2D eigenvalue weighted by atomic mass is 10.1. The van der Waals surface area contributed by atoms with E-state index in [9.17, 15) is 8.42 Å². The second-order valence-electron chi connectivity index (χ2n) is 6.31. The van der Waals surface area contributed by atoms with Gasteiger partial charge in [0, 0.05) is 19.1 Å². The van der Waals surface area contributed by atoms with E-state index in [-0.39, 0.29) is 5.75 Å². The first kappa shape index (κ1) is 16.5. The van der Waals surface area contributed by atoms with Crippen LogP contribution in [0.3, 0.4) is 0 Å². The topological polar surface area (TPSA) is 58.2 Å². The van der Waals surface area contributed by atoms with E-state index >= 15 is 0 Å². The van der Waals surface area contributed by atoms with Crippen LogP contribution in [0.25, 0.3) is 0 Å². The number of hydrogen-bond acceptors (Lipinski definition) is 3. The molecule has 0 aromatic heterocycles. The van der Waals surface area contributed by atoms with Gasteiger partial charge in [0.05, 0.1) is 5.75 Å². The maximum absolute atomic E-state index is 12.0. The molecule has 0 saturated heterocycles. The van der Waals surface area contributed by atoms with Gasteiger partial charge in [0.1, 0.15) is 0 Å². The van der Waals surface area contributed by atoms with Crippen LogP contribution in [0.4, 0.5) is 0 Å². The van der Waals surface area contributed by atoms with E-state index in [1.807, 2.05) is 24.3 Å². The molecule has 1 fully saturated rings. The standard InChI is InChI=1S/C16H26N2O2S/c1-13(2)8-9-18-21(19,20)12-15-5-3-4-14(10-15)11-17-16-6-7-16/h3-5,10,13,16-18H,6-9,11-12H2,1-2H3. The molecule has 21 heavy (non-hydrogen) atoms. The van der Waals surface area contributed by atoms with E-state index in [2.05, 4.69) is 23.9 Å². The number of sulfonamides is 1. The van der Waals surface area contributed by atoms with E-state index < -0.39 is 10.0 Å². The summed E-state index contributed by atoms with van der Waals surface area (Å²) in [5.74, 6) is 0.562. The largest absolute Gasteiger partial charge is 0.310 e. The Bertz CT molecular complexity index is 551. The average Bonchev–Trinajstić information content (AvgIpc) is 3.19. The van der Waals surface area contributed by atoms with E-state index in [0.29, 0.717) is 18.5 Å². The highest BCUT2D eigenvalue weighted by molar-refractivity contribution is 7.88. The molecule has 2 rings (SSSR count). The first-order valence-electron chi connectivity index (χ1n) is 7.73. The molecule has 0 atom stereocenters. The average molecular weight is 310 g/mol. The quantitative estimate of drug-likeness (QED) is 0.736. The highest BCUT2D eigenvalue weighted by Crippen LogP contribution is 2.19. The van der Waals surface area contributed by atoms with Gasteiger partial charge in [-0.1, -0.05) is 38.1 Å². The van der Waals surface area contributed by atoms with E-state index in [1.165, 1.54) is 12.8 Å². The monoisotopic (exact) mass is 310 g/mol. The van der Waals surface area contributed by atoms with Crippen molar-refractivity contribution in [3.05, 3.63) is 35.4 Å². The zero-order valence-corrected chi connectivity index (χ0v) is 13.7. The van der Waals surface area contributed by atoms with Crippen LogP contribution in [0.15, 0.2) is 24.3 Å². The van der Waals surface area contributed by atoms with Gasteiger partial charge >= 0.3 is 0 Å². The minimum atomic E-state index is -3.24. The Morgan fingerprint density at radius 3 is 2.62 bits per heavy atom. The molecule has 118 valence electrons. The second kappa shape index (κ2) is 7.38. The summed E-state index contributed by atoms with van der Waals surface area (Å²) < 4.78 is 26.8. The maximum Gasteiger partial charge on any atom is 0.215 e. The maximum atomic E-state index is 12.0. The van der Waals surface area contributed by atoms with Crippen molar-refractivity contribution in [2.24, 2.45) is 5.92 Å². The van der Waals surface area contributed by atoms with Crippen LogP contribution in [-0.4, -0.2) is 21.0 Å². The third-order valence-corrected chi connectivity index (χ3v) is 4.92. The van der Waals surface area contributed by atoms with Gasteiger partial charge in [-0.05, 0) is 36.3 Å². The molecule has 1 saturated carbocycles. The number of benzene rings is 1. The summed E-state index contributed by atoms with van der Waals surface area (Å²) in [5.41, 5.74) is 2.00. The predicted molar refractivity (Wildman–Crippen MR) is 86.4 cm³/mol. The molecule has 0 bridgehead atoms. The lowest BCUT2D eigenvalue weighted by molar-refractivity contribution is 0.551. The summed E-state index contributed by atoms with van der Waals surface area (Å²) in [6, 6.07) is 8.50. The van der Waals surface area contributed by atoms with Crippen LogP contribution in [0.1, 0.15) is 44.2 Å². The van der Waals surface area contributed by atoms with Gasteiger partial charge < -0.3 is 5.32 Å². The molecule has 5 heteroatoms. The van der Waals surface area contributed by atoms with Gasteiger partial charge in [0.15, 0.2) is 0 Å². The predicted octanol–water partition coefficient (Wildman–Crippen LogP) is 2.40. The molecule has 2 N–H and O–H groups in total. The van der Waals surface area contributed by atoms with E-state index in [4.69, 9.17) is 0 Å². The zero-order chi connectivity index (χ0) is 15.3. The second-order valence-corrected chi connectivity index (χ2v) is 8.12. The minimum Gasteiger partial charge on any atom is -0.310 e. The molecular weight excluding hydrogens is 284 g/mol. The molecule has 1 aliphatic rings. The molecule has 0 heterocycles. The van der Waals surface area contributed by atoms with Crippen molar-refractivity contribution in [3.8, 4) is 0 Å².